The van der Waals surface area contributed by atoms with Gasteiger partial charge in [0.05, 0.1) is 19.1 Å². The monoisotopic (exact) mass is 290 g/mol. The van der Waals surface area contributed by atoms with Crippen LogP contribution in [0.3, 0.4) is 0 Å². The first-order chi connectivity index (χ1) is 10.2. The highest BCUT2D eigenvalue weighted by Gasteiger charge is 2.42. The lowest BCUT2D eigenvalue weighted by Crippen LogP contribution is -2.39. The third-order valence-corrected chi connectivity index (χ3v) is 4.16. The highest BCUT2D eigenvalue weighted by molar-refractivity contribution is 5.70. The Balaban J connectivity index is 1.83. The summed E-state index contributed by atoms with van der Waals surface area (Å²) in [5, 5.41) is 0. The summed E-state index contributed by atoms with van der Waals surface area (Å²) < 4.78 is 17.5. The number of fused-ring (bicyclic) bond motifs is 1. The van der Waals surface area contributed by atoms with Crippen molar-refractivity contribution in [3.05, 3.63) is 29.8 Å². The molecule has 4 nitrogen and oxygen atoms in total. The van der Waals surface area contributed by atoms with E-state index in [9.17, 15) is 4.79 Å². The second-order valence-corrected chi connectivity index (χ2v) is 5.78. The molecule has 0 radical (unpaired) electrons. The van der Waals surface area contributed by atoms with E-state index in [4.69, 9.17) is 14.2 Å². The Morgan fingerprint density at radius 1 is 1.33 bits per heavy atom. The maximum Gasteiger partial charge on any atom is 0.308 e. The summed E-state index contributed by atoms with van der Waals surface area (Å²) in [5.41, 5.74) is 1.11. The molecule has 2 aliphatic rings. The Hall–Kier alpha value is -1.55. The van der Waals surface area contributed by atoms with Gasteiger partial charge in [-0.3, -0.25) is 4.79 Å². The number of esters is 1. The Morgan fingerprint density at radius 3 is 2.86 bits per heavy atom. The molecule has 0 aromatic heterocycles. The molecule has 0 amide bonds. The zero-order valence-electron chi connectivity index (χ0n) is 12.5. The molecule has 0 bridgehead atoms. The Bertz CT molecular complexity index is 505. The minimum absolute atomic E-state index is 0.175. The van der Waals surface area contributed by atoms with Crippen LogP contribution in [0.5, 0.6) is 5.75 Å². The number of carbonyl (C=O) groups is 1. The summed E-state index contributed by atoms with van der Waals surface area (Å²) in [6, 6.07) is 8.01. The van der Waals surface area contributed by atoms with Crippen molar-refractivity contribution < 1.29 is 19.0 Å². The first-order valence-corrected chi connectivity index (χ1v) is 7.81. The summed E-state index contributed by atoms with van der Waals surface area (Å²) in [5.74, 6) is 0.143. The fourth-order valence-electron chi connectivity index (χ4n) is 3.24. The molecule has 114 valence electrons. The zero-order valence-corrected chi connectivity index (χ0v) is 12.5. The molecule has 1 aromatic carbocycles. The summed E-state index contributed by atoms with van der Waals surface area (Å²) in [7, 11) is 0. The van der Waals surface area contributed by atoms with Crippen LogP contribution in [-0.4, -0.2) is 24.5 Å². The second kappa shape index (κ2) is 6.06. The minimum Gasteiger partial charge on any atom is -0.466 e. The molecular formula is C17H22O4. The summed E-state index contributed by atoms with van der Waals surface area (Å²) >= 11 is 0. The van der Waals surface area contributed by atoms with Gasteiger partial charge < -0.3 is 14.2 Å². The van der Waals surface area contributed by atoms with E-state index in [1.165, 1.54) is 0 Å². The van der Waals surface area contributed by atoms with E-state index < -0.39 is 5.79 Å². The highest BCUT2D eigenvalue weighted by Crippen LogP contribution is 2.41. The van der Waals surface area contributed by atoms with E-state index in [0.29, 0.717) is 13.0 Å². The molecule has 1 heterocycles. The molecule has 0 N–H and O–H groups in total. The van der Waals surface area contributed by atoms with Gasteiger partial charge >= 0.3 is 5.97 Å². The fraction of sp³-hybridized carbons (Fsp3) is 0.588. The molecule has 1 unspecified atom stereocenters. The van der Waals surface area contributed by atoms with Crippen LogP contribution in [0, 0.1) is 0 Å². The molecule has 1 aliphatic heterocycles. The van der Waals surface area contributed by atoms with Crippen molar-refractivity contribution in [3.63, 3.8) is 0 Å². The number of carbonyl (C=O) groups excluding carboxylic acids is 1. The normalized spacial score (nSPS) is 23.2. The molecule has 4 heteroatoms. The van der Waals surface area contributed by atoms with E-state index in [0.717, 1.165) is 37.0 Å². The van der Waals surface area contributed by atoms with Crippen molar-refractivity contribution in [2.24, 2.45) is 0 Å². The van der Waals surface area contributed by atoms with E-state index in [1.54, 1.807) is 0 Å². The van der Waals surface area contributed by atoms with Gasteiger partial charge in [0.2, 0.25) is 5.79 Å². The van der Waals surface area contributed by atoms with Crippen molar-refractivity contribution in [1.82, 2.24) is 0 Å². The fourth-order valence-corrected chi connectivity index (χ4v) is 3.24. The topological polar surface area (TPSA) is 44.8 Å². The standard InChI is InChI=1S/C17H22O4/c1-2-19-16(18)12-14-11-13-7-3-4-8-15(13)21-17(20-14)9-5-6-10-17/h3-4,7-8,14H,2,5-6,9-12H2,1H3. The predicted octanol–water partition coefficient (Wildman–Crippen LogP) is 3.23. The quantitative estimate of drug-likeness (QED) is 0.802. The lowest BCUT2D eigenvalue weighted by atomic mass is 10.0. The van der Waals surface area contributed by atoms with Gasteiger partial charge in [-0.1, -0.05) is 18.2 Å². The maximum atomic E-state index is 11.8. The zero-order chi connectivity index (χ0) is 14.7. The molecular weight excluding hydrogens is 268 g/mol. The van der Waals surface area contributed by atoms with E-state index in [1.807, 2.05) is 31.2 Å². The van der Waals surface area contributed by atoms with Crippen LogP contribution < -0.4 is 4.74 Å². The minimum atomic E-state index is -0.552. The number of rotatable bonds is 3. The van der Waals surface area contributed by atoms with Gasteiger partial charge in [0.1, 0.15) is 5.75 Å². The van der Waals surface area contributed by atoms with Crippen LogP contribution in [0.4, 0.5) is 0 Å². The van der Waals surface area contributed by atoms with Crippen LogP contribution >= 0.6 is 0 Å². The Morgan fingerprint density at radius 2 is 2.10 bits per heavy atom. The van der Waals surface area contributed by atoms with Crippen molar-refractivity contribution in [1.29, 1.82) is 0 Å². The lowest BCUT2D eigenvalue weighted by molar-refractivity contribution is -0.204. The SMILES string of the molecule is CCOC(=O)CC1Cc2ccccc2OC2(CCCC2)O1. The molecule has 0 saturated heterocycles. The van der Waals surface area contributed by atoms with Crippen LogP contribution in [0.1, 0.15) is 44.6 Å². The van der Waals surface area contributed by atoms with E-state index in [-0.39, 0.29) is 18.5 Å². The van der Waals surface area contributed by atoms with Gasteiger partial charge in [0, 0.05) is 19.3 Å². The van der Waals surface area contributed by atoms with Gasteiger partial charge in [-0.25, -0.2) is 0 Å². The van der Waals surface area contributed by atoms with Crippen molar-refractivity contribution in [2.75, 3.05) is 6.61 Å². The third kappa shape index (κ3) is 3.21. The van der Waals surface area contributed by atoms with Crippen molar-refractivity contribution in [3.8, 4) is 5.75 Å². The first kappa shape index (κ1) is 14.4. The van der Waals surface area contributed by atoms with Gasteiger partial charge in [-0.2, -0.15) is 0 Å². The summed E-state index contributed by atoms with van der Waals surface area (Å²) in [6.07, 6.45) is 4.79. The third-order valence-electron chi connectivity index (χ3n) is 4.16. The van der Waals surface area contributed by atoms with Gasteiger partial charge in [-0.15, -0.1) is 0 Å². The number of benzene rings is 1. The average molecular weight is 290 g/mol. The first-order valence-electron chi connectivity index (χ1n) is 7.81. The largest absolute Gasteiger partial charge is 0.466 e. The number of para-hydroxylation sites is 1. The van der Waals surface area contributed by atoms with Crippen LogP contribution in [-0.2, 0) is 20.7 Å². The highest BCUT2D eigenvalue weighted by atomic mass is 16.7. The molecule has 1 saturated carbocycles. The maximum absolute atomic E-state index is 11.8. The molecule has 3 rings (SSSR count). The van der Waals surface area contributed by atoms with Crippen LogP contribution in [0.2, 0.25) is 0 Å². The second-order valence-electron chi connectivity index (χ2n) is 5.78. The van der Waals surface area contributed by atoms with Gasteiger partial charge in [0.15, 0.2) is 0 Å². The molecule has 1 aliphatic carbocycles. The van der Waals surface area contributed by atoms with E-state index >= 15 is 0 Å². The van der Waals surface area contributed by atoms with Crippen LogP contribution in [0.25, 0.3) is 0 Å². The number of ether oxygens (including phenoxy) is 3. The van der Waals surface area contributed by atoms with E-state index in [2.05, 4.69) is 0 Å². The van der Waals surface area contributed by atoms with Crippen LogP contribution in [0.15, 0.2) is 24.3 Å². The smallest absolute Gasteiger partial charge is 0.308 e. The average Bonchev–Trinajstić information content (AvgIpc) is 2.82. The lowest BCUT2D eigenvalue weighted by Gasteiger charge is -2.31. The van der Waals surface area contributed by atoms with Gasteiger partial charge in [0.25, 0.3) is 0 Å². The predicted molar refractivity (Wildman–Crippen MR) is 78.1 cm³/mol. The summed E-state index contributed by atoms with van der Waals surface area (Å²) in [6.45, 7) is 2.23. The van der Waals surface area contributed by atoms with Gasteiger partial charge in [-0.05, 0) is 31.4 Å². The molecule has 1 fully saturated rings. The van der Waals surface area contributed by atoms with Crippen molar-refractivity contribution in [2.45, 2.75) is 57.3 Å². The summed E-state index contributed by atoms with van der Waals surface area (Å²) in [4.78, 5) is 11.8. The number of hydrogen-bond acceptors (Lipinski definition) is 4. The Labute approximate surface area is 125 Å². The van der Waals surface area contributed by atoms with Crippen molar-refractivity contribution >= 4 is 5.97 Å². The Kier molecular flexibility index (Phi) is 4.15. The molecule has 21 heavy (non-hydrogen) atoms. The molecule has 1 atom stereocenters. The molecule has 1 spiro atoms. The number of hydrogen-bond donors (Lipinski definition) is 0. The molecule has 1 aromatic rings.